The highest BCUT2D eigenvalue weighted by Gasteiger charge is 2.18. The van der Waals surface area contributed by atoms with Gasteiger partial charge in [0.2, 0.25) is 0 Å². The summed E-state index contributed by atoms with van der Waals surface area (Å²) in [5.41, 5.74) is 1.24. The molecule has 0 saturated carbocycles. The van der Waals surface area contributed by atoms with Crippen LogP contribution in [0, 0.1) is 0 Å². The van der Waals surface area contributed by atoms with E-state index in [1.165, 1.54) is 31.6 Å². The highest BCUT2D eigenvalue weighted by atomic mass is 15.3. The topological polar surface area (TPSA) is 33.1 Å². The van der Waals surface area contributed by atoms with E-state index in [0.717, 1.165) is 19.1 Å². The van der Waals surface area contributed by atoms with Crippen LogP contribution < -0.4 is 5.32 Å². The maximum Gasteiger partial charge on any atom is 0.0518 e. The summed E-state index contributed by atoms with van der Waals surface area (Å²) in [6, 6.07) is 2.84. The van der Waals surface area contributed by atoms with Crippen LogP contribution in [0.25, 0.3) is 0 Å². The van der Waals surface area contributed by atoms with Gasteiger partial charge in [0.05, 0.1) is 5.69 Å². The molecule has 4 heteroatoms. The molecule has 16 heavy (non-hydrogen) atoms. The molecule has 1 saturated heterocycles. The largest absolute Gasteiger partial charge is 0.310 e. The van der Waals surface area contributed by atoms with Gasteiger partial charge in [-0.05, 0) is 32.4 Å². The Hall–Kier alpha value is -0.870. The Morgan fingerprint density at radius 3 is 3.06 bits per heavy atom. The summed E-state index contributed by atoms with van der Waals surface area (Å²) in [7, 11) is 1.99. The van der Waals surface area contributed by atoms with Gasteiger partial charge in [0.1, 0.15) is 0 Å². The predicted octanol–water partition coefficient (Wildman–Crippen LogP) is 0.994. The lowest BCUT2D eigenvalue weighted by molar-refractivity contribution is 0.268. The van der Waals surface area contributed by atoms with Gasteiger partial charge in [0.15, 0.2) is 0 Å². The Bertz CT molecular complexity index is 321. The second-order valence-corrected chi connectivity index (χ2v) is 4.65. The quantitative estimate of drug-likeness (QED) is 0.754. The first-order chi connectivity index (χ1) is 7.77. The number of nitrogens with one attached hydrogen (secondary N) is 1. The average molecular weight is 222 g/mol. The van der Waals surface area contributed by atoms with Crippen molar-refractivity contribution in [1.82, 2.24) is 20.0 Å². The van der Waals surface area contributed by atoms with Crippen molar-refractivity contribution in [2.45, 2.75) is 32.4 Å². The molecule has 2 rings (SSSR count). The third-order valence-corrected chi connectivity index (χ3v) is 3.49. The number of aromatic nitrogens is 2. The number of rotatable bonds is 5. The number of nitrogens with zero attached hydrogens (tertiary/aromatic N) is 3. The van der Waals surface area contributed by atoms with Crippen molar-refractivity contribution in [3.63, 3.8) is 0 Å². The number of hydrogen-bond donors (Lipinski definition) is 1. The van der Waals surface area contributed by atoms with E-state index < -0.39 is 0 Å². The van der Waals surface area contributed by atoms with Gasteiger partial charge in [-0.1, -0.05) is 0 Å². The van der Waals surface area contributed by atoms with Crippen LogP contribution in [0.15, 0.2) is 12.3 Å². The molecule has 0 radical (unpaired) electrons. The SMILES string of the molecule is CC1CCCN1CCNCc1ccnn1C. The van der Waals surface area contributed by atoms with Gasteiger partial charge in [-0.15, -0.1) is 0 Å². The molecule has 1 aromatic heterocycles. The summed E-state index contributed by atoms with van der Waals surface area (Å²) in [4.78, 5) is 2.57. The molecule has 1 atom stereocenters. The molecule has 1 aliphatic rings. The summed E-state index contributed by atoms with van der Waals surface area (Å²) >= 11 is 0. The number of likely N-dealkylation sites (tertiary alicyclic amines) is 1. The minimum atomic E-state index is 0.776. The summed E-state index contributed by atoms with van der Waals surface area (Å²) in [6.07, 6.45) is 4.57. The summed E-state index contributed by atoms with van der Waals surface area (Å²) in [5, 5.41) is 7.62. The smallest absolute Gasteiger partial charge is 0.0518 e. The van der Waals surface area contributed by atoms with Crippen LogP contribution in [0.1, 0.15) is 25.5 Å². The first-order valence-corrected chi connectivity index (χ1v) is 6.19. The van der Waals surface area contributed by atoms with Gasteiger partial charge in [-0.2, -0.15) is 5.10 Å². The third kappa shape index (κ3) is 2.83. The van der Waals surface area contributed by atoms with E-state index in [-0.39, 0.29) is 0 Å². The van der Waals surface area contributed by atoms with Crippen molar-refractivity contribution >= 4 is 0 Å². The van der Waals surface area contributed by atoms with E-state index in [1.807, 2.05) is 17.9 Å². The summed E-state index contributed by atoms with van der Waals surface area (Å²) < 4.78 is 1.92. The van der Waals surface area contributed by atoms with Crippen LogP contribution >= 0.6 is 0 Å². The van der Waals surface area contributed by atoms with Crippen molar-refractivity contribution in [3.05, 3.63) is 18.0 Å². The minimum Gasteiger partial charge on any atom is -0.310 e. The maximum absolute atomic E-state index is 4.15. The molecular weight excluding hydrogens is 200 g/mol. The number of hydrogen-bond acceptors (Lipinski definition) is 3. The molecule has 0 aromatic carbocycles. The van der Waals surface area contributed by atoms with Gasteiger partial charge in [0, 0.05) is 38.9 Å². The van der Waals surface area contributed by atoms with Crippen LogP contribution in [0.5, 0.6) is 0 Å². The normalized spacial score (nSPS) is 21.8. The molecule has 1 aromatic rings. The van der Waals surface area contributed by atoms with E-state index in [0.29, 0.717) is 0 Å². The third-order valence-electron chi connectivity index (χ3n) is 3.49. The lowest BCUT2D eigenvalue weighted by Crippen LogP contribution is -2.34. The molecular formula is C12H22N4. The standard InChI is InChI=1S/C12H22N4/c1-11-4-3-8-16(11)9-7-13-10-12-5-6-14-15(12)2/h5-6,11,13H,3-4,7-10H2,1-2H3. The maximum atomic E-state index is 4.15. The zero-order valence-electron chi connectivity index (χ0n) is 10.3. The van der Waals surface area contributed by atoms with Gasteiger partial charge >= 0.3 is 0 Å². The zero-order chi connectivity index (χ0) is 11.4. The summed E-state index contributed by atoms with van der Waals surface area (Å²) in [6.45, 7) is 6.75. The van der Waals surface area contributed by atoms with Crippen molar-refractivity contribution in [2.75, 3.05) is 19.6 Å². The lowest BCUT2D eigenvalue weighted by atomic mass is 10.2. The molecule has 1 aliphatic heterocycles. The first kappa shape index (κ1) is 11.6. The molecule has 0 spiro atoms. The van der Waals surface area contributed by atoms with Gasteiger partial charge in [-0.25, -0.2) is 0 Å². The van der Waals surface area contributed by atoms with Gasteiger partial charge < -0.3 is 5.32 Å². The van der Waals surface area contributed by atoms with E-state index in [4.69, 9.17) is 0 Å². The Balaban J connectivity index is 1.63. The molecule has 1 unspecified atom stereocenters. The van der Waals surface area contributed by atoms with E-state index in [1.54, 1.807) is 0 Å². The van der Waals surface area contributed by atoms with Crippen LogP contribution in [0.3, 0.4) is 0 Å². The summed E-state index contributed by atoms with van der Waals surface area (Å²) in [5.74, 6) is 0. The molecule has 0 aliphatic carbocycles. The Kier molecular flexibility index (Phi) is 3.96. The molecule has 1 fully saturated rings. The van der Waals surface area contributed by atoms with Crippen molar-refractivity contribution < 1.29 is 0 Å². The molecule has 0 bridgehead atoms. The fourth-order valence-electron chi connectivity index (χ4n) is 2.34. The fraction of sp³-hybridized carbons (Fsp3) is 0.750. The highest BCUT2D eigenvalue weighted by Crippen LogP contribution is 2.14. The van der Waals surface area contributed by atoms with Crippen LogP contribution in [0.4, 0.5) is 0 Å². The van der Waals surface area contributed by atoms with Gasteiger partial charge in [-0.3, -0.25) is 9.58 Å². The lowest BCUT2D eigenvalue weighted by Gasteiger charge is -2.20. The van der Waals surface area contributed by atoms with Crippen LogP contribution in [-0.4, -0.2) is 40.4 Å². The van der Waals surface area contributed by atoms with Crippen molar-refractivity contribution in [1.29, 1.82) is 0 Å². The Labute approximate surface area is 97.6 Å². The minimum absolute atomic E-state index is 0.776. The fourth-order valence-corrected chi connectivity index (χ4v) is 2.34. The molecule has 4 nitrogen and oxygen atoms in total. The first-order valence-electron chi connectivity index (χ1n) is 6.19. The van der Waals surface area contributed by atoms with Crippen molar-refractivity contribution in [3.8, 4) is 0 Å². The predicted molar refractivity (Wildman–Crippen MR) is 65.2 cm³/mol. The van der Waals surface area contributed by atoms with Crippen molar-refractivity contribution in [2.24, 2.45) is 7.05 Å². The highest BCUT2D eigenvalue weighted by molar-refractivity contribution is 4.99. The molecule has 1 N–H and O–H groups in total. The monoisotopic (exact) mass is 222 g/mol. The molecule has 2 heterocycles. The number of aryl methyl sites for hydroxylation is 1. The zero-order valence-corrected chi connectivity index (χ0v) is 10.3. The van der Waals surface area contributed by atoms with E-state index in [2.05, 4.69) is 28.3 Å². The second kappa shape index (κ2) is 5.46. The van der Waals surface area contributed by atoms with E-state index in [9.17, 15) is 0 Å². The van der Waals surface area contributed by atoms with Gasteiger partial charge in [0.25, 0.3) is 0 Å². The Morgan fingerprint density at radius 2 is 2.44 bits per heavy atom. The average Bonchev–Trinajstić information content (AvgIpc) is 2.84. The molecule has 0 amide bonds. The molecule has 90 valence electrons. The van der Waals surface area contributed by atoms with Crippen LogP contribution in [0.2, 0.25) is 0 Å². The van der Waals surface area contributed by atoms with E-state index >= 15 is 0 Å². The Morgan fingerprint density at radius 1 is 1.56 bits per heavy atom. The van der Waals surface area contributed by atoms with Crippen LogP contribution in [-0.2, 0) is 13.6 Å². The second-order valence-electron chi connectivity index (χ2n) is 4.65.